The van der Waals surface area contributed by atoms with Crippen molar-refractivity contribution in [1.29, 1.82) is 0 Å². The molecule has 1 N–H and O–H groups in total. The van der Waals surface area contributed by atoms with Gasteiger partial charge in [0, 0.05) is 6.54 Å². The van der Waals surface area contributed by atoms with Crippen LogP contribution in [0.4, 0.5) is 5.82 Å². The van der Waals surface area contributed by atoms with E-state index in [0.29, 0.717) is 12.5 Å². The van der Waals surface area contributed by atoms with E-state index in [9.17, 15) is 0 Å². The summed E-state index contributed by atoms with van der Waals surface area (Å²) in [5.74, 6) is 1.58. The van der Waals surface area contributed by atoms with Crippen LogP contribution in [0.25, 0.3) is 0 Å². The number of hydrogen-bond acceptors (Lipinski definition) is 4. The SMILES string of the molecule is C=CCCCOc1ncnc(NCC)c1CC. The molecule has 0 saturated heterocycles. The zero-order chi connectivity index (χ0) is 12.5. The third-order valence-electron chi connectivity index (χ3n) is 2.39. The average Bonchev–Trinajstić information content (AvgIpc) is 2.35. The molecule has 0 bridgehead atoms. The number of aromatic nitrogens is 2. The lowest BCUT2D eigenvalue weighted by Gasteiger charge is -2.12. The number of allylic oxidation sites excluding steroid dienone is 1. The van der Waals surface area contributed by atoms with E-state index in [4.69, 9.17) is 4.74 Å². The van der Waals surface area contributed by atoms with Crippen molar-refractivity contribution < 1.29 is 4.74 Å². The molecule has 0 atom stereocenters. The second-order valence-corrected chi connectivity index (χ2v) is 3.67. The van der Waals surface area contributed by atoms with Crippen molar-refractivity contribution in [1.82, 2.24) is 9.97 Å². The minimum absolute atomic E-state index is 0.668. The Labute approximate surface area is 103 Å². The van der Waals surface area contributed by atoms with Gasteiger partial charge in [-0.15, -0.1) is 6.58 Å². The Morgan fingerprint density at radius 1 is 1.41 bits per heavy atom. The fourth-order valence-electron chi connectivity index (χ4n) is 1.56. The summed E-state index contributed by atoms with van der Waals surface area (Å²) in [5.41, 5.74) is 1.05. The fraction of sp³-hybridized carbons (Fsp3) is 0.538. The second kappa shape index (κ2) is 7.65. The zero-order valence-corrected chi connectivity index (χ0v) is 10.7. The Morgan fingerprint density at radius 3 is 2.88 bits per heavy atom. The predicted molar refractivity (Wildman–Crippen MR) is 70.5 cm³/mol. The largest absolute Gasteiger partial charge is 0.477 e. The van der Waals surface area contributed by atoms with Gasteiger partial charge < -0.3 is 10.1 Å². The van der Waals surface area contributed by atoms with Crippen molar-refractivity contribution in [2.45, 2.75) is 33.1 Å². The summed E-state index contributed by atoms with van der Waals surface area (Å²) in [7, 11) is 0. The van der Waals surface area contributed by atoms with Gasteiger partial charge in [0.05, 0.1) is 12.2 Å². The quantitative estimate of drug-likeness (QED) is 0.556. The highest BCUT2D eigenvalue weighted by molar-refractivity contribution is 5.48. The smallest absolute Gasteiger partial charge is 0.221 e. The Hall–Kier alpha value is -1.58. The van der Waals surface area contributed by atoms with Crippen molar-refractivity contribution in [3.05, 3.63) is 24.5 Å². The van der Waals surface area contributed by atoms with Crippen LogP contribution >= 0.6 is 0 Å². The van der Waals surface area contributed by atoms with Crippen LogP contribution in [0, 0.1) is 0 Å². The average molecular weight is 235 g/mol. The van der Waals surface area contributed by atoms with Crippen LogP contribution in [-0.4, -0.2) is 23.1 Å². The molecule has 0 amide bonds. The summed E-state index contributed by atoms with van der Waals surface area (Å²) in [5, 5.41) is 3.22. The van der Waals surface area contributed by atoms with Gasteiger partial charge in [-0.25, -0.2) is 9.97 Å². The number of anilines is 1. The number of nitrogens with zero attached hydrogens (tertiary/aromatic N) is 2. The number of ether oxygens (including phenoxy) is 1. The lowest BCUT2D eigenvalue weighted by Crippen LogP contribution is -2.08. The minimum atomic E-state index is 0.668. The lowest BCUT2D eigenvalue weighted by molar-refractivity contribution is 0.297. The molecule has 0 aliphatic carbocycles. The first-order valence-corrected chi connectivity index (χ1v) is 6.14. The van der Waals surface area contributed by atoms with Gasteiger partial charge in [0.1, 0.15) is 12.1 Å². The van der Waals surface area contributed by atoms with Crippen LogP contribution in [0.1, 0.15) is 32.3 Å². The monoisotopic (exact) mass is 235 g/mol. The first-order valence-electron chi connectivity index (χ1n) is 6.14. The number of nitrogens with one attached hydrogen (secondary N) is 1. The van der Waals surface area contributed by atoms with Gasteiger partial charge in [-0.2, -0.15) is 0 Å². The summed E-state index contributed by atoms with van der Waals surface area (Å²) in [4.78, 5) is 8.42. The van der Waals surface area contributed by atoms with E-state index >= 15 is 0 Å². The van der Waals surface area contributed by atoms with E-state index in [1.54, 1.807) is 6.33 Å². The highest BCUT2D eigenvalue weighted by atomic mass is 16.5. The summed E-state index contributed by atoms with van der Waals surface area (Å²) >= 11 is 0. The molecule has 4 nitrogen and oxygen atoms in total. The van der Waals surface area contributed by atoms with Crippen LogP contribution in [0.15, 0.2) is 19.0 Å². The minimum Gasteiger partial charge on any atom is -0.477 e. The molecule has 0 radical (unpaired) electrons. The maximum Gasteiger partial charge on any atom is 0.221 e. The first kappa shape index (κ1) is 13.5. The molecule has 4 heteroatoms. The molecule has 0 aliphatic rings. The van der Waals surface area contributed by atoms with Crippen molar-refractivity contribution in [2.24, 2.45) is 0 Å². The summed E-state index contributed by atoms with van der Waals surface area (Å²) in [6.45, 7) is 9.33. The van der Waals surface area contributed by atoms with E-state index in [1.165, 1.54) is 0 Å². The Morgan fingerprint density at radius 2 is 2.24 bits per heavy atom. The first-order chi connectivity index (χ1) is 8.33. The molecule has 1 rings (SSSR count). The molecule has 94 valence electrons. The van der Waals surface area contributed by atoms with Crippen LogP contribution in [0.2, 0.25) is 0 Å². The maximum absolute atomic E-state index is 5.68. The van der Waals surface area contributed by atoms with Gasteiger partial charge in [-0.3, -0.25) is 0 Å². The molecule has 0 aromatic carbocycles. The molecule has 0 aliphatic heterocycles. The van der Waals surface area contributed by atoms with E-state index in [1.807, 2.05) is 13.0 Å². The topological polar surface area (TPSA) is 47.0 Å². The highest BCUT2D eigenvalue weighted by Gasteiger charge is 2.09. The van der Waals surface area contributed by atoms with Crippen molar-refractivity contribution in [2.75, 3.05) is 18.5 Å². The second-order valence-electron chi connectivity index (χ2n) is 3.67. The molecule has 0 spiro atoms. The Kier molecular flexibility index (Phi) is 6.07. The lowest BCUT2D eigenvalue weighted by atomic mass is 10.2. The van der Waals surface area contributed by atoms with Gasteiger partial charge >= 0.3 is 0 Å². The summed E-state index contributed by atoms with van der Waals surface area (Å²) in [6, 6.07) is 0. The highest BCUT2D eigenvalue weighted by Crippen LogP contribution is 2.22. The predicted octanol–water partition coefficient (Wildman–Crippen LogP) is 2.82. The Bertz CT molecular complexity index is 353. The zero-order valence-electron chi connectivity index (χ0n) is 10.7. The van der Waals surface area contributed by atoms with Gasteiger partial charge in [-0.05, 0) is 26.2 Å². The van der Waals surface area contributed by atoms with Gasteiger partial charge in [0.15, 0.2) is 0 Å². The van der Waals surface area contributed by atoms with E-state index in [-0.39, 0.29) is 0 Å². The molecule has 0 saturated carbocycles. The molecule has 1 aromatic heterocycles. The molecular weight excluding hydrogens is 214 g/mol. The van der Waals surface area contributed by atoms with Crippen LogP contribution < -0.4 is 10.1 Å². The van der Waals surface area contributed by atoms with E-state index in [2.05, 4.69) is 28.8 Å². The number of unbranched alkanes of at least 4 members (excludes halogenated alkanes) is 1. The number of rotatable bonds is 8. The van der Waals surface area contributed by atoms with Crippen LogP contribution in [0.3, 0.4) is 0 Å². The van der Waals surface area contributed by atoms with Crippen molar-refractivity contribution in [3.63, 3.8) is 0 Å². The molecule has 17 heavy (non-hydrogen) atoms. The van der Waals surface area contributed by atoms with Gasteiger partial charge in [0.25, 0.3) is 0 Å². The standard InChI is InChI=1S/C13H21N3O/c1-4-7-8-9-17-13-11(5-2)12(14-6-3)15-10-16-13/h4,10H,1,5-9H2,2-3H3,(H,14,15,16). The maximum atomic E-state index is 5.68. The van der Waals surface area contributed by atoms with Crippen molar-refractivity contribution in [3.8, 4) is 5.88 Å². The molecular formula is C13H21N3O. The van der Waals surface area contributed by atoms with E-state index in [0.717, 1.165) is 37.2 Å². The fourth-order valence-corrected chi connectivity index (χ4v) is 1.56. The Balaban J connectivity index is 2.69. The van der Waals surface area contributed by atoms with Gasteiger partial charge in [0.2, 0.25) is 5.88 Å². The molecule has 0 unspecified atom stereocenters. The van der Waals surface area contributed by atoms with Crippen LogP contribution in [-0.2, 0) is 6.42 Å². The van der Waals surface area contributed by atoms with Gasteiger partial charge in [-0.1, -0.05) is 13.0 Å². The molecule has 1 heterocycles. The summed E-state index contributed by atoms with van der Waals surface area (Å²) in [6.07, 6.45) is 6.23. The summed E-state index contributed by atoms with van der Waals surface area (Å²) < 4.78 is 5.68. The van der Waals surface area contributed by atoms with Crippen molar-refractivity contribution >= 4 is 5.82 Å². The van der Waals surface area contributed by atoms with E-state index < -0.39 is 0 Å². The third kappa shape index (κ3) is 4.06. The number of hydrogen-bond donors (Lipinski definition) is 1. The normalized spacial score (nSPS) is 10.0. The van der Waals surface area contributed by atoms with Crippen LogP contribution in [0.5, 0.6) is 5.88 Å². The molecule has 1 aromatic rings. The third-order valence-corrected chi connectivity index (χ3v) is 2.39. The molecule has 0 fully saturated rings.